The molecule has 0 aromatic heterocycles. The highest BCUT2D eigenvalue weighted by Gasteiger charge is 2.33. The molecule has 16 heavy (non-hydrogen) atoms. The van der Waals surface area contributed by atoms with Crippen molar-refractivity contribution in [1.29, 1.82) is 0 Å². The monoisotopic (exact) mass is 227 g/mol. The number of methoxy groups -OCH3 is 1. The van der Waals surface area contributed by atoms with Crippen LogP contribution in [0.15, 0.2) is 24.3 Å². The Bertz CT molecular complexity index is 341. The fraction of sp³-hybridized carbons (Fsp3) is 0.500. The average molecular weight is 227 g/mol. The zero-order valence-electron chi connectivity index (χ0n) is 9.25. The summed E-state index contributed by atoms with van der Waals surface area (Å²) in [5.74, 6) is -1.70. The van der Waals surface area contributed by atoms with Gasteiger partial charge in [0.25, 0.3) is 5.92 Å². The average Bonchev–Trinajstić information content (AvgIpc) is 2.29. The van der Waals surface area contributed by atoms with Crippen LogP contribution in [0.4, 0.5) is 14.5 Å². The van der Waals surface area contributed by atoms with Gasteiger partial charge >= 0.3 is 0 Å². The van der Waals surface area contributed by atoms with Crippen LogP contribution in [0.5, 0.6) is 5.75 Å². The predicted octanol–water partition coefficient (Wildman–Crippen LogP) is 2.93. The summed E-state index contributed by atoms with van der Waals surface area (Å²) < 4.78 is 31.0. The molecule has 2 rings (SSSR count). The number of rotatable bonds is 2. The first-order chi connectivity index (χ1) is 7.61. The molecule has 1 aromatic rings. The minimum absolute atomic E-state index is 0.0565. The first-order valence-corrected chi connectivity index (χ1v) is 5.37. The summed E-state index contributed by atoms with van der Waals surface area (Å²) in [4.78, 5) is 1.98. The van der Waals surface area contributed by atoms with Crippen molar-refractivity contribution in [1.82, 2.24) is 0 Å². The molecule has 0 saturated carbocycles. The number of nitrogens with zero attached hydrogens (tertiary/aromatic N) is 1. The van der Waals surface area contributed by atoms with Gasteiger partial charge in [-0.2, -0.15) is 0 Å². The molecule has 0 amide bonds. The Morgan fingerprint density at radius 3 is 2.19 bits per heavy atom. The molecule has 88 valence electrons. The maximum atomic E-state index is 13.0. The minimum atomic E-state index is -2.48. The van der Waals surface area contributed by atoms with Crippen molar-refractivity contribution in [2.45, 2.75) is 18.8 Å². The van der Waals surface area contributed by atoms with Gasteiger partial charge in [0.1, 0.15) is 5.75 Å². The second-order valence-corrected chi connectivity index (χ2v) is 4.04. The third kappa shape index (κ3) is 2.43. The van der Waals surface area contributed by atoms with Crippen LogP contribution in [0, 0.1) is 0 Å². The summed E-state index contributed by atoms with van der Waals surface area (Å²) in [5, 5.41) is 0. The smallest absolute Gasteiger partial charge is 0.251 e. The molecular formula is C12H15F2NO. The Kier molecular flexibility index (Phi) is 2.99. The van der Waals surface area contributed by atoms with Crippen molar-refractivity contribution in [3.05, 3.63) is 24.3 Å². The summed E-state index contributed by atoms with van der Waals surface area (Å²) in [5.41, 5.74) is 0.983. The third-order valence-corrected chi connectivity index (χ3v) is 2.93. The van der Waals surface area contributed by atoms with Gasteiger partial charge in [0.15, 0.2) is 0 Å². The van der Waals surface area contributed by atoms with E-state index in [4.69, 9.17) is 4.74 Å². The molecule has 1 heterocycles. The number of halogens is 2. The van der Waals surface area contributed by atoms with Crippen molar-refractivity contribution in [2.75, 3.05) is 25.1 Å². The molecule has 0 spiro atoms. The van der Waals surface area contributed by atoms with Gasteiger partial charge in [-0.15, -0.1) is 0 Å². The lowest BCUT2D eigenvalue weighted by atomic mass is 10.1. The lowest BCUT2D eigenvalue weighted by Gasteiger charge is -2.33. The van der Waals surface area contributed by atoms with Crippen molar-refractivity contribution in [3.8, 4) is 5.75 Å². The largest absolute Gasteiger partial charge is 0.497 e. The molecular weight excluding hydrogens is 212 g/mol. The molecule has 1 aliphatic heterocycles. The first kappa shape index (κ1) is 11.2. The number of hydrogen-bond acceptors (Lipinski definition) is 2. The van der Waals surface area contributed by atoms with E-state index in [0.29, 0.717) is 13.1 Å². The maximum absolute atomic E-state index is 13.0. The van der Waals surface area contributed by atoms with Gasteiger partial charge < -0.3 is 9.64 Å². The Labute approximate surface area is 93.8 Å². The van der Waals surface area contributed by atoms with Crippen LogP contribution in [-0.2, 0) is 0 Å². The molecule has 0 aliphatic carbocycles. The summed E-state index contributed by atoms with van der Waals surface area (Å²) >= 11 is 0. The van der Waals surface area contributed by atoms with Crippen LogP contribution in [0.3, 0.4) is 0 Å². The summed E-state index contributed by atoms with van der Waals surface area (Å²) in [7, 11) is 1.61. The van der Waals surface area contributed by atoms with Gasteiger partial charge in [-0.3, -0.25) is 0 Å². The molecule has 0 atom stereocenters. The highest BCUT2D eigenvalue weighted by molar-refractivity contribution is 5.49. The van der Waals surface area contributed by atoms with Gasteiger partial charge in [0.05, 0.1) is 7.11 Å². The van der Waals surface area contributed by atoms with Gasteiger partial charge in [-0.1, -0.05) is 0 Å². The topological polar surface area (TPSA) is 12.5 Å². The zero-order chi connectivity index (χ0) is 11.6. The van der Waals surface area contributed by atoms with Gasteiger partial charge in [-0.05, 0) is 24.3 Å². The molecule has 0 bridgehead atoms. The summed E-state index contributed by atoms with van der Waals surface area (Å²) in [6.07, 6.45) is -0.113. The van der Waals surface area contributed by atoms with E-state index in [9.17, 15) is 8.78 Å². The van der Waals surface area contributed by atoms with E-state index in [0.717, 1.165) is 11.4 Å². The quantitative estimate of drug-likeness (QED) is 0.770. The van der Waals surface area contributed by atoms with Crippen molar-refractivity contribution >= 4 is 5.69 Å². The molecule has 4 heteroatoms. The second-order valence-electron chi connectivity index (χ2n) is 4.04. The fourth-order valence-corrected chi connectivity index (χ4v) is 1.89. The van der Waals surface area contributed by atoms with E-state index in [1.165, 1.54) is 0 Å². The Morgan fingerprint density at radius 2 is 1.69 bits per heavy atom. The van der Waals surface area contributed by atoms with Gasteiger partial charge in [0, 0.05) is 31.6 Å². The molecule has 0 radical (unpaired) electrons. The van der Waals surface area contributed by atoms with Crippen LogP contribution >= 0.6 is 0 Å². The molecule has 1 aliphatic rings. The van der Waals surface area contributed by atoms with Crippen LogP contribution in [0.2, 0.25) is 0 Å². The highest BCUT2D eigenvalue weighted by atomic mass is 19.3. The number of anilines is 1. The lowest BCUT2D eigenvalue weighted by molar-refractivity contribution is -0.0220. The SMILES string of the molecule is COc1ccc(N2CCC(F)(F)CC2)cc1. The third-order valence-electron chi connectivity index (χ3n) is 2.93. The normalized spacial score (nSPS) is 19.6. The van der Waals surface area contributed by atoms with Crippen LogP contribution < -0.4 is 9.64 Å². The minimum Gasteiger partial charge on any atom is -0.497 e. The molecule has 0 N–H and O–H groups in total. The second kappa shape index (κ2) is 4.28. The standard InChI is InChI=1S/C12H15F2NO/c1-16-11-4-2-10(3-5-11)15-8-6-12(13,14)7-9-15/h2-5H,6-9H2,1H3. The van der Waals surface area contributed by atoms with E-state index in [-0.39, 0.29) is 12.8 Å². The molecule has 2 nitrogen and oxygen atoms in total. The number of ether oxygens (including phenoxy) is 1. The van der Waals surface area contributed by atoms with E-state index >= 15 is 0 Å². The molecule has 1 saturated heterocycles. The number of alkyl halides is 2. The predicted molar refractivity (Wildman–Crippen MR) is 59.4 cm³/mol. The molecule has 1 fully saturated rings. The van der Waals surface area contributed by atoms with Gasteiger partial charge in [0.2, 0.25) is 0 Å². The van der Waals surface area contributed by atoms with Crippen molar-refractivity contribution < 1.29 is 13.5 Å². The summed E-state index contributed by atoms with van der Waals surface area (Å²) in [6.45, 7) is 0.832. The Hall–Kier alpha value is -1.32. The fourth-order valence-electron chi connectivity index (χ4n) is 1.89. The van der Waals surface area contributed by atoms with Crippen LogP contribution in [-0.4, -0.2) is 26.1 Å². The van der Waals surface area contributed by atoms with Crippen molar-refractivity contribution in [3.63, 3.8) is 0 Å². The number of piperidine rings is 1. The zero-order valence-corrected chi connectivity index (χ0v) is 9.25. The van der Waals surface area contributed by atoms with Crippen molar-refractivity contribution in [2.24, 2.45) is 0 Å². The number of benzene rings is 1. The molecule has 0 unspecified atom stereocenters. The number of hydrogen-bond donors (Lipinski definition) is 0. The molecule has 1 aromatic carbocycles. The van der Waals surface area contributed by atoms with E-state index in [2.05, 4.69) is 0 Å². The lowest BCUT2D eigenvalue weighted by Crippen LogP contribution is -2.39. The highest BCUT2D eigenvalue weighted by Crippen LogP contribution is 2.30. The Morgan fingerprint density at radius 1 is 1.12 bits per heavy atom. The van der Waals surface area contributed by atoms with E-state index < -0.39 is 5.92 Å². The summed E-state index contributed by atoms with van der Waals surface area (Å²) in [6, 6.07) is 7.51. The first-order valence-electron chi connectivity index (χ1n) is 5.37. The van der Waals surface area contributed by atoms with Crippen LogP contribution in [0.25, 0.3) is 0 Å². The van der Waals surface area contributed by atoms with Gasteiger partial charge in [-0.25, -0.2) is 8.78 Å². The Balaban J connectivity index is 2.03. The maximum Gasteiger partial charge on any atom is 0.251 e. The van der Waals surface area contributed by atoms with E-state index in [1.54, 1.807) is 7.11 Å². The van der Waals surface area contributed by atoms with E-state index in [1.807, 2.05) is 29.2 Å². The van der Waals surface area contributed by atoms with Crippen LogP contribution in [0.1, 0.15) is 12.8 Å².